The van der Waals surface area contributed by atoms with Crippen molar-refractivity contribution in [2.24, 2.45) is 5.92 Å². The van der Waals surface area contributed by atoms with Crippen molar-refractivity contribution >= 4 is 12.0 Å². The van der Waals surface area contributed by atoms with E-state index in [-0.39, 0.29) is 0 Å². The molecule has 0 spiro atoms. The number of nitrogens with zero attached hydrogens (tertiary/aromatic N) is 1. The lowest BCUT2D eigenvalue weighted by Gasteiger charge is -2.19. The molecule has 2 amide bonds. The molecule has 86 valence electrons. The van der Waals surface area contributed by atoms with Crippen molar-refractivity contribution in [3.8, 4) is 0 Å². The van der Waals surface area contributed by atoms with Crippen molar-refractivity contribution in [1.82, 2.24) is 10.2 Å². The zero-order valence-corrected chi connectivity index (χ0v) is 8.64. The first-order valence-electron chi connectivity index (χ1n) is 4.93. The Morgan fingerprint density at radius 2 is 2.27 bits per heavy atom. The normalized spacial score (nSPS) is 22.5. The molecule has 1 fully saturated rings. The number of rotatable bonds is 3. The Morgan fingerprint density at radius 3 is 2.67 bits per heavy atom. The molecule has 1 aliphatic rings. The van der Waals surface area contributed by atoms with Gasteiger partial charge in [0.2, 0.25) is 0 Å². The van der Waals surface area contributed by atoms with Crippen LogP contribution in [0.2, 0.25) is 0 Å². The summed E-state index contributed by atoms with van der Waals surface area (Å²) in [7, 11) is 0. The van der Waals surface area contributed by atoms with Gasteiger partial charge in [0.15, 0.2) is 6.04 Å². The Hall–Kier alpha value is -1.30. The van der Waals surface area contributed by atoms with Crippen molar-refractivity contribution < 1.29 is 19.8 Å². The Kier molecular flexibility index (Phi) is 3.90. The molecule has 0 radical (unpaired) electrons. The summed E-state index contributed by atoms with van der Waals surface area (Å²) in [5.41, 5.74) is 0. The minimum atomic E-state index is -1.22. The van der Waals surface area contributed by atoms with Crippen LogP contribution in [0, 0.1) is 5.92 Å². The maximum Gasteiger partial charge on any atom is 0.328 e. The van der Waals surface area contributed by atoms with Gasteiger partial charge in [0.1, 0.15) is 0 Å². The third-order valence-electron chi connectivity index (χ3n) is 2.49. The summed E-state index contributed by atoms with van der Waals surface area (Å²) in [5, 5.41) is 19.6. The molecule has 3 N–H and O–H groups in total. The van der Waals surface area contributed by atoms with Crippen LogP contribution in [0.15, 0.2) is 0 Å². The summed E-state index contributed by atoms with van der Waals surface area (Å²) in [6.45, 7) is 2.73. The first kappa shape index (κ1) is 11.8. The van der Waals surface area contributed by atoms with E-state index in [2.05, 4.69) is 5.32 Å². The average molecular weight is 216 g/mol. The molecule has 0 aromatic heterocycles. The van der Waals surface area contributed by atoms with Gasteiger partial charge in [-0.2, -0.15) is 0 Å². The molecule has 0 aromatic carbocycles. The number of carboxylic acid groups (broad SMARTS) is 1. The quantitative estimate of drug-likeness (QED) is 0.592. The van der Waals surface area contributed by atoms with Gasteiger partial charge in [0, 0.05) is 13.1 Å². The van der Waals surface area contributed by atoms with Crippen LogP contribution in [-0.4, -0.2) is 52.9 Å². The molecule has 0 bridgehead atoms. The molecular weight excluding hydrogens is 200 g/mol. The highest BCUT2D eigenvalue weighted by Crippen LogP contribution is 2.14. The SMILES string of the molecule is CC1CCN(C(=O)NC(CO)C(=O)O)C1. The molecule has 0 aromatic rings. The molecule has 1 heterocycles. The minimum absolute atomic E-state index is 0.416. The number of aliphatic hydroxyl groups excluding tert-OH is 1. The van der Waals surface area contributed by atoms with E-state index < -0.39 is 24.6 Å². The van der Waals surface area contributed by atoms with E-state index in [0.717, 1.165) is 6.42 Å². The van der Waals surface area contributed by atoms with Crippen LogP contribution in [0.1, 0.15) is 13.3 Å². The van der Waals surface area contributed by atoms with Gasteiger partial charge in [-0.3, -0.25) is 0 Å². The molecule has 6 nitrogen and oxygen atoms in total. The molecule has 2 atom stereocenters. The fourth-order valence-electron chi connectivity index (χ4n) is 1.55. The number of amides is 2. The molecule has 0 aliphatic carbocycles. The van der Waals surface area contributed by atoms with Gasteiger partial charge in [0.05, 0.1) is 6.61 Å². The zero-order chi connectivity index (χ0) is 11.4. The Morgan fingerprint density at radius 1 is 1.60 bits per heavy atom. The summed E-state index contributed by atoms with van der Waals surface area (Å²) in [5.74, 6) is -0.772. The van der Waals surface area contributed by atoms with Crippen molar-refractivity contribution in [2.75, 3.05) is 19.7 Å². The topological polar surface area (TPSA) is 89.9 Å². The third-order valence-corrected chi connectivity index (χ3v) is 2.49. The van der Waals surface area contributed by atoms with Gasteiger partial charge < -0.3 is 20.4 Å². The monoisotopic (exact) mass is 216 g/mol. The maximum absolute atomic E-state index is 11.5. The standard InChI is InChI=1S/C9H16N2O4/c1-6-2-3-11(4-6)9(15)10-7(5-12)8(13)14/h6-7,12H,2-5H2,1H3,(H,10,15)(H,13,14). The van der Waals surface area contributed by atoms with Gasteiger partial charge in [-0.25, -0.2) is 9.59 Å². The van der Waals surface area contributed by atoms with Crippen LogP contribution >= 0.6 is 0 Å². The van der Waals surface area contributed by atoms with Crippen LogP contribution in [0.3, 0.4) is 0 Å². The highest BCUT2D eigenvalue weighted by Gasteiger charge is 2.26. The maximum atomic E-state index is 11.5. The minimum Gasteiger partial charge on any atom is -0.480 e. The first-order valence-corrected chi connectivity index (χ1v) is 4.93. The van der Waals surface area contributed by atoms with Crippen LogP contribution in [-0.2, 0) is 4.79 Å². The fraction of sp³-hybridized carbons (Fsp3) is 0.778. The van der Waals surface area contributed by atoms with Crippen molar-refractivity contribution in [2.45, 2.75) is 19.4 Å². The lowest BCUT2D eigenvalue weighted by atomic mass is 10.2. The molecule has 1 aliphatic heterocycles. The summed E-state index contributed by atoms with van der Waals surface area (Å²) < 4.78 is 0. The molecule has 0 saturated carbocycles. The Bertz CT molecular complexity index is 256. The number of urea groups is 1. The number of nitrogens with one attached hydrogen (secondary N) is 1. The van der Waals surface area contributed by atoms with Gasteiger partial charge >= 0.3 is 12.0 Å². The highest BCUT2D eigenvalue weighted by molar-refractivity contribution is 5.82. The number of carbonyl (C=O) groups excluding carboxylic acids is 1. The molecule has 1 saturated heterocycles. The van der Waals surface area contributed by atoms with Crippen molar-refractivity contribution in [3.05, 3.63) is 0 Å². The van der Waals surface area contributed by atoms with Crippen molar-refractivity contribution in [1.29, 1.82) is 0 Å². The summed E-state index contributed by atoms with van der Waals surface area (Å²) in [6, 6.07) is -1.63. The van der Waals surface area contributed by atoms with Gasteiger partial charge in [0.25, 0.3) is 0 Å². The van der Waals surface area contributed by atoms with Gasteiger partial charge in [-0.05, 0) is 12.3 Å². The summed E-state index contributed by atoms with van der Waals surface area (Å²) in [4.78, 5) is 23.6. The van der Waals surface area contributed by atoms with E-state index in [0.29, 0.717) is 19.0 Å². The van der Waals surface area contributed by atoms with E-state index in [9.17, 15) is 9.59 Å². The Balaban J connectivity index is 2.44. The number of aliphatic hydroxyl groups is 1. The van der Waals surface area contributed by atoms with E-state index in [1.165, 1.54) is 0 Å². The second kappa shape index (κ2) is 4.97. The number of carbonyl (C=O) groups is 2. The van der Waals surface area contributed by atoms with Gasteiger partial charge in [-0.1, -0.05) is 6.92 Å². The second-order valence-electron chi connectivity index (χ2n) is 3.86. The lowest BCUT2D eigenvalue weighted by molar-refractivity contribution is -0.140. The first-order chi connectivity index (χ1) is 7.04. The lowest BCUT2D eigenvalue weighted by Crippen LogP contribution is -2.48. The van der Waals surface area contributed by atoms with Crippen molar-refractivity contribution in [3.63, 3.8) is 0 Å². The molecule has 1 rings (SSSR count). The average Bonchev–Trinajstić information content (AvgIpc) is 2.60. The number of hydrogen-bond donors (Lipinski definition) is 3. The zero-order valence-electron chi connectivity index (χ0n) is 8.64. The number of aliphatic carboxylic acids is 1. The number of carboxylic acids is 1. The largest absolute Gasteiger partial charge is 0.480 e. The van der Waals surface area contributed by atoms with Crippen LogP contribution in [0.4, 0.5) is 4.79 Å². The second-order valence-corrected chi connectivity index (χ2v) is 3.86. The molecule has 6 heteroatoms. The smallest absolute Gasteiger partial charge is 0.328 e. The predicted molar refractivity (Wildman–Crippen MR) is 52.4 cm³/mol. The molecular formula is C9H16N2O4. The highest BCUT2D eigenvalue weighted by atomic mass is 16.4. The van der Waals surface area contributed by atoms with E-state index in [1.807, 2.05) is 6.92 Å². The van der Waals surface area contributed by atoms with Crippen LogP contribution < -0.4 is 5.32 Å². The van der Waals surface area contributed by atoms with Crippen LogP contribution in [0.5, 0.6) is 0 Å². The van der Waals surface area contributed by atoms with E-state index in [4.69, 9.17) is 10.2 Å². The number of likely N-dealkylation sites (tertiary alicyclic amines) is 1. The van der Waals surface area contributed by atoms with Crippen LogP contribution in [0.25, 0.3) is 0 Å². The predicted octanol–water partition coefficient (Wildman–Crippen LogP) is -0.517. The number of hydrogen-bond acceptors (Lipinski definition) is 3. The Labute approximate surface area is 87.9 Å². The molecule has 15 heavy (non-hydrogen) atoms. The summed E-state index contributed by atoms with van der Waals surface area (Å²) in [6.07, 6.45) is 0.935. The third kappa shape index (κ3) is 3.09. The van der Waals surface area contributed by atoms with E-state index >= 15 is 0 Å². The van der Waals surface area contributed by atoms with Gasteiger partial charge in [-0.15, -0.1) is 0 Å². The molecule has 2 unspecified atom stereocenters. The fourth-order valence-corrected chi connectivity index (χ4v) is 1.55. The summed E-state index contributed by atoms with van der Waals surface area (Å²) >= 11 is 0. The van der Waals surface area contributed by atoms with E-state index in [1.54, 1.807) is 4.90 Å².